The van der Waals surface area contributed by atoms with Gasteiger partial charge in [0.15, 0.2) is 6.10 Å². The number of aliphatic carboxylic acids is 1. The monoisotopic (exact) mass is 677 g/mol. The first-order valence-electron chi connectivity index (χ1n) is 16.3. The van der Waals surface area contributed by atoms with Crippen LogP contribution in [0, 0.1) is 11.8 Å². The van der Waals surface area contributed by atoms with Gasteiger partial charge in [-0.15, -0.1) is 0 Å². The maximum absolute atomic E-state index is 14.1. The molecule has 0 spiro atoms. The first-order valence-corrected chi connectivity index (χ1v) is 16.3. The molecule has 256 valence electrons. The van der Waals surface area contributed by atoms with Crippen molar-refractivity contribution in [3.05, 3.63) is 126 Å². The number of nitrogens with zero attached hydrogens (tertiary/aromatic N) is 1. The van der Waals surface area contributed by atoms with E-state index >= 15 is 0 Å². The molecule has 0 aromatic heterocycles. The molecule has 3 fully saturated rings. The van der Waals surface area contributed by atoms with E-state index in [1.165, 1.54) is 4.90 Å². The third-order valence-electron chi connectivity index (χ3n) is 9.70. The number of imide groups is 1. The number of esters is 1. The third kappa shape index (κ3) is 5.58. The molecular formula is C39H35NO10. The highest BCUT2D eigenvalue weighted by molar-refractivity contribution is 6.23. The maximum Gasteiger partial charge on any atom is 0.306 e. The Morgan fingerprint density at radius 2 is 1.16 bits per heavy atom. The number of rotatable bonds is 12. The molecule has 3 aliphatic rings. The summed E-state index contributed by atoms with van der Waals surface area (Å²) in [5.74, 6) is -3.42. The van der Waals surface area contributed by atoms with Crippen LogP contribution < -0.4 is 14.4 Å². The molecule has 2 amide bonds. The lowest BCUT2D eigenvalue weighted by atomic mass is 9.76. The normalized spacial score (nSPS) is 23.8. The van der Waals surface area contributed by atoms with Gasteiger partial charge in [-0.25, -0.2) is 4.90 Å². The molecule has 3 saturated heterocycles. The number of carboxylic acid groups (broad SMARTS) is 1. The summed E-state index contributed by atoms with van der Waals surface area (Å²) in [5.41, 5.74) is 1.18. The van der Waals surface area contributed by atoms with Crippen LogP contribution in [0.2, 0.25) is 0 Å². The minimum absolute atomic E-state index is 0.395. The highest BCUT2D eigenvalue weighted by atomic mass is 16.6. The van der Waals surface area contributed by atoms with Crippen molar-refractivity contribution in [2.45, 2.75) is 42.9 Å². The molecular weight excluding hydrogens is 642 g/mol. The molecule has 11 nitrogen and oxygen atoms in total. The summed E-state index contributed by atoms with van der Waals surface area (Å²) < 4.78 is 30.7. The molecule has 3 heterocycles. The van der Waals surface area contributed by atoms with Gasteiger partial charge in [0.05, 0.1) is 44.6 Å². The van der Waals surface area contributed by atoms with E-state index in [1.54, 1.807) is 44.6 Å². The number of carboxylic acids is 1. The average molecular weight is 678 g/mol. The molecule has 50 heavy (non-hydrogen) atoms. The van der Waals surface area contributed by atoms with Crippen molar-refractivity contribution in [1.82, 2.24) is 0 Å². The SMILES string of the molecule is COc1ccc(C(O[C@H]2[C@@H](OC(=O)CCC(=O)O)[C@H]3O[C@@H]2[C@H]2C(=O)N(c4ccccc4)C(=O)[C@@H]32)(c2ccccc2)c2ccc(OC)cc2)cc1. The van der Waals surface area contributed by atoms with Gasteiger partial charge < -0.3 is 28.8 Å². The summed E-state index contributed by atoms with van der Waals surface area (Å²) in [6.45, 7) is 0. The van der Waals surface area contributed by atoms with E-state index in [9.17, 15) is 24.3 Å². The van der Waals surface area contributed by atoms with Gasteiger partial charge in [-0.2, -0.15) is 0 Å². The fraction of sp³-hybridized carbons (Fsp3) is 0.282. The van der Waals surface area contributed by atoms with Crippen LogP contribution in [0.15, 0.2) is 109 Å². The van der Waals surface area contributed by atoms with Crippen molar-refractivity contribution >= 4 is 29.4 Å². The average Bonchev–Trinajstić information content (AvgIpc) is 3.78. The predicted octanol–water partition coefficient (Wildman–Crippen LogP) is 4.74. The van der Waals surface area contributed by atoms with Gasteiger partial charge in [0, 0.05) is 0 Å². The zero-order chi connectivity index (χ0) is 35.0. The largest absolute Gasteiger partial charge is 0.497 e. The fourth-order valence-corrected chi connectivity index (χ4v) is 7.44. The first-order chi connectivity index (χ1) is 24.3. The number of carbonyl (C=O) groups excluding carboxylic acids is 3. The topological polar surface area (TPSA) is 138 Å². The molecule has 0 aliphatic carbocycles. The van der Waals surface area contributed by atoms with Crippen LogP contribution in [0.5, 0.6) is 11.5 Å². The third-order valence-corrected chi connectivity index (χ3v) is 9.70. The number of benzene rings is 4. The summed E-state index contributed by atoms with van der Waals surface area (Å²) >= 11 is 0. The van der Waals surface area contributed by atoms with Crippen LogP contribution in [0.4, 0.5) is 5.69 Å². The van der Waals surface area contributed by atoms with E-state index < -0.39 is 78.4 Å². The number of methoxy groups -OCH3 is 2. The standard InChI is InChI=1S/C39H35NO10/c1-46-27-17-13-24(14-18-27)39(23-9-5-3-6-10-23,25-15-19-28(47-2)20-16-25)50-36-34-32-31(33(49-34)35(36)48-30(43)22-21-29(41)42)37(44)40(38(32)45)26-11-7-4-8-12-26/h3-20,31-36H,21-22H2,1-2H3,(H,41,42)/t31-,32+,33+,34-,35+,36-/m1/s1. The zero-order valence-corrected chi connectivity index (χ0v) is 27.3. The number of carbonyl (C=O) groups is 4. The summed E-state index contributed by atoms with van der Waals surface area (Å²) in [7, 11) is 3.15. The molecule has 4 aromatic rings. The summed E-state index contributed by atoms with van der Waals surface area (Å²) in [5, 5.41) is 9.25. The summed E-state index contributed by atoms with van der Waals surface area (Å²) in [6, 6.07) is 32.9. The second-order valence-electron chi connectivity index (χ2n) is 12.4. The minimum Gasteiger partial charge on any atom is -0.497 e. The number of anilines is 1. The lowest BCUT2D eigenvalue weighted by Crippen LogP contribution is -2.54. The quantitative estimate of drug-likeness (QED) is 0.127. The molecule has 4 aromatic carbocycles. The Kier molecular flexibility index (Phi) is 8.85. The molecule has 2 bridgehead atoms. The van der Waals surface area contributed by atoms with Crippen molar-refractivity contribution in [2.24, 2.45) is 11.8 Å². The molecule has 0 radical (unpaired) electrons. The van der Waals surface area contributed by atoms with Crippen LogP contribution >= 0.6 is 0 Å². The molecule has 0 unspecified atom stereocenters. The van der Waals surface area contributed by atoms with E-state index in [-0.39, 0.29) is 0 Å². The van der Waals surface area contributed by atoms with Gasteiger partial charge in [-0.1, -0.05) is 72.8 Å². The van der Waals surface area contributed by atoms with Gasteiger partial charge in [0.2, 0.25) is 11.8 Å². The Balaban J connectivity index is 1.37. The van der Waals surface area contributed by atoms with Crippen molar-refractivity contribution in [2.75, 3.05) is 19.1 Å². The first kappa shape index (κ1) is 33.0. The Morgan fingerprint density at radius 1 is 0.680 bits per heavy atom. The minimum atomic E-state index is -1.37. The number of amides is 2. The van der Waals surface area contributed by atoms with Crippen LogP contribution in [-0.2, 0) is 39.0 Å². The Morgan fingerprint density at radius 3 is 1.66 bits per heavy atom. The Hall–Kier alpha value is -5.52. The van der Waals surface area contributed by atoms with Gasteiger partial charge in [-0.3, -0.25) is 19.2 Å². The van der Waals surface area contributed by atoms with Crippen LogP contribution in [0.25, 0.3) is 0 Å². The van der Waals surface area contributed by atoms with E-state index in [0.29, 0.717) is 28.3 Å². The molecule has 3 aliphatic heterocycles. The van der Waals surface area contributed by atoms with E-state index in [1.807, 2.05) is 78.9 Å². The van der Waals surface area contributed by atoms with Gasteiger partial charge in [-0.05, 0) is 53.1 Å². The fourth-order valence-electron chi connectivity index (χ4n) is 7.44. The predicted molar refractivity (Wildman–Crippen MR) is 179 cm³/mol. The van der Waals surface area contributed by atoms with Crippen molar-refractivity contribution < 1.29 is 48.0 Å². The number of para-hydroxylation sites is 1. The summed E-state index contributed by atoms with van der Waals surface area (Å²) in [4.78, 5) is 53.7. The number of hydrogen-bond acceptors (Lipinski definition) is 9. The van der Waals surface area contributed by atoms with Gasteiger partial charge in [0.1, 0.15) is 35.4 Å². The second-order valence-corrected chi connectivity index (χ2v) is 12.4. The lowest BCUT2D eigenvalue weighted by molar-refractivity contribution is -0.172. The highest BCUT2D eigenvalue weighted by Crippen LogP contribution is 2.54. The van der Waals surface area contributed by atoms with E-state index in [2.05, 4.69) is 0 Å². The summed E-state index contributed by atoms with van der Waals surface area (Å²) in [6.07, 6.45) is -5.04. The molecule has 6 atom stereocenters. The zero-order valence-electron chi connectivity index (χ0n) is 27.3. The smallest absolute Gasteiger partial charge is 0.306 e. The van der Waals surface area contributed by atoms with Crippen LogP contribution in [-0.4, -0.2) is 67.5 Å². The van der Waals surface area contributed by atoms with Gasteiger partial charge >= 0.3 is 11.9 Å². The van der Waals surface area contributed by atoms with Crippen LogP contribution in [0.1, 0.15) is 29.5 Å². The van der Waals surface area contributed by atoms with Crippen LogP contribution in [0.3, 0.4) is 0 Å². The van der Waals surface area contributed by atoms with Gasteiger partial charge in [0.25, 0.3) is 0 Å². The van der Waals surface area contributed by atoms with Crippen molar-refractivity contribution in [3.8, 4) is 11.5 Å². The second kappa shape index (κ2) is 13.4. The molecule has 1 N–H and O–H groups in total. The Labute approximate surface area is 288 Å². The van der Waals surface area contributed by atoms with Crippen molar-refractivity contribution in [3.63, 3.8) is 0 Å². The van der Waals surface area contributed by atoms with Crippen molar-refractivity contribution in [1.29, 1.82) is 0 Å². The number of ether oxygens (including phenoxy) is 5. The lowest BCUT2D eigenvalue weighted by Gasteiger charge is -2.42. The maximum atomic E-state index is 14.1. The number of fused-ring (bicyclic) bond motifs is 5. The molecule has 0 saturated carbocycles. The Bertz CT molecular complexity index is 1830. The van der Waals surface area contributed by atoms with E-state index in [0.717, 1.165) is 5.56 Å². The van der Waals surface area contributed by atoms with E-state index in [4.69, 9.17) is 23.7 Å². The number of hydrogen-bond donors (Lipinski definition) is 1. The molecule has 11 heteroatoms. The molecule has 7 rings (SSSR count). The highest BCUT2D eigenvalue weighted by Gasteiger charge is 2.71.